The van der Waals surface area contributed by atoms with Crippen molar-refractivity contribution < 1.29 is 4.79 Å². The Balaban J connectivity index is 1.52. The van der Waals surface area contributed by atoms with E-state index in [0.29, 0.717) is 11.6 Å². The second-order valence-corrected chi connectivity index (χ2v) is 6.13. The van der Waals surface area contributed by atoms with Gasteiger partial charge in [-0.25, -0.2) is 4.98 Å². The highest BCUT2D eigenvalue weighted by Gasteiger charge is 2.14. The van der Waals surface area contributed by atoms with Crippen molar-refractivity contribution >= 4 is 22.6 Å². The second kappa shape index (κ2) is 6.78. The molecule has 1 atom stereocenters. The van der Waals surface area contributed by atoms with Gasteiger partial charge in [0.2, 0.25) is 11.0 Å². The zero-order chi connectivity index (χ0) is 14.5. The van der Waals surface area contributed by atoms with Crippen LogP contribution in [0.25, 0.3) is 0 Å². The molecule has 1 aromatic carbocycles. The number of benzene rings is 1. The van der Waals surface area contributed by atoms with Crippen LogP contribution in [0.4, 0.5) is 5.13 Å². The number of nitrogens with zero attached hydrogens (tertiary/aromatic N) is 2. The average molecular weight is 302 g/mol. The topological polar surface area (TPSA) is 66.9 Å². The maximum absolute atomic E-state index is 11.9. The molecule has 1 fully saturated rings. The highest BCUT2D eigenvalue weighted by Crippen LogP contribution is 2.16. The van der Waals surface area contributed by atoms with Gasteiger partial charge in [0.1, 0.15) is 6.33 Å². The summed E-state index contributed by atoms with van der Waals surface area (Å²) in [6, 6.07) is 8.34. The van der Waals surface area contributed by atoms with Crippen LogP contribution in [0.15, 0.2) is 30.6 Å². The summed E-state index contributed by atoms with van der Waals surface area (Å²) in [5.41, 5.74) is 2.36. The molecular formula is C15H18N4OS. The van der Waals surface area contributed by atoms with E-state index < -0.39 is 0 Å². The van der Waals surface area contributed by atoms with Gasteiger partial charge in [-0.3, -0.25) is 4.79 Å². The van der Waals surface area contributed by atoms with Gasteiger partial charge in [-0.2, -0.15) is 4.37 Å². The number of hydrogen-bond donors (Lipinski definition) is 2. The zero-order valence-electron chi connectivity index (χ0n) is 11.7. The summed E-state index contributed by atoms with van der Waals surface area (Å²) in [5.74, 6) is 0.691. The third kappa shape index (κ3) is 4.09. The summed E-state index contributed by atoms with van der Waals surface area (Å²) in [4.78, 5) is 15.8. The summed E-state index contributed by atoms with van der Waals surface area (Å²) >= 11 is 1.18. The van der Waals surface area contributed by atoms with Crippen LogP contribution in [0.1, 0.15) is 17.5 Å². The lowest BCUT2D eigenvalue weighted by Crippen LogP contribution is -2.14. The summed E-state index contributed by atoms with van der Waals surface area (Å²) in [6.07, 6.45) is 4.17. The Morgan fingerprint density at radius 1 is 1.33 bits per heavy atom. The first-order valence-corrected chi connectivity index (χ1v) is 7.92. The van der Waals surface area contributed by atoms with E-state index >= 15 is 0 Å². The third-order valence-corrected chi connectivity index (χ3v) is 4.26. The minimum absolute atomic E-state index is 0.0560. The molecule has 1 aliphatic heterocycles. The van der Waals surface area contributed by atoms with Gasteiger partial charge in [0.25, 0.3) is 0 Å². The molecule has 1 unspecified atom stereocenters. The van der Waals surface area contributed by atoms with Crippen molar-refractivity contribution in [2.45, 2.75) is 19.3 Å². The number of amides is 1. The summed E-state index contributed by atoms with van der Waals surface area (Å²) in [5, 5.41) is 6.68. The second-order valence-electron chi connectivity index (χ2n) is 5.35. The van der Waals surface area contributed by atoms with Crippen molar-refractivity contribution in [3.05, 3.63) is 41.7 Å². The first-order chi connectivity index (χ1) is 10.3. The summed E-state index contributed by atoms with van der Waals surface area (Å²) in [6.45, 7) is 2.25. The van der Waals surface area contributed by atoms with Crippen LogP contribution in [0.2, 0.25) is 0 Å². The van der Waals surface area contributed by atoms with Crippen molar-refractivity contribution in [1.29, 1.82) is 0 Å². The maximum Gasteiger partial charge on any atom is 0.230 e. The quantitative estimate of drug-likeness (QED) is 0.885. The molecule has 0 radical (unpaired) electrons. The Bertz CT molecular complexity index is 576. The Labute approximate surface area is 128 Å². The van der Waals surface area contributed by atoms with E-state index in [1.807, 2.05) is 12.1 Å². The number of carbonyl (C=O) groups is 1. The molecule has 0 saturated carbocycles. The molecule has 3 rings (SSSR count). The van der Waals surface area contributed by atoms with E-state index in [-0.39, 0.29) is 5.91 Å². The van der Waals surface area contributed by atoms with Gasteiger partial charge < -0.3 is 10.6 Å². The molecule has 5 nitrogen and oxygen atoms in total. The van der Waals surface area contributed by atoms with Crippen LogP contribution >= 0.6 is 11.5 Å². The molecule has 2 N–H and O–H groups in total. The molecule has 1 amide bonds. The van der Waals surface area contributed by atoms with Crippen molar-refractivity contribution in [2.24, 2.45) is 5.92 Å². The number of rotatable bonds is 5. The predicted molar refractivity (Wildman–Crippen MR) is 83.4 cm³/mol. The van der Waals surface area contributed by atoms with Gasteiger partial charge in [-0.05, 0) is 43.0 Å². The maximum atomic E-state index is 11.9. The molecule has 0 bridgehead atoms. The van der Waals surface area contributed by atoms with Gasteiger partial charge in [0.15, 0.2) is 0 Å². The molecule has 110 valence electrons. The number of aromatic nitrogens is 2. The number of carbonyl (C=O) groups excluding carboxylic acids is 1. The van der Waals surface area contributed by atoms with E-state index in [2.05, 4.69) is 32.1 Å². The smallest absolute Gasteiger partial charge is 0.230 e. The van der Waals surface area contributed by atoms with Gasteiger partial charge in [0, 0.05) is 11.5 Å². The van der Waals surface area contributed by atoms with E-state index in [1.54, 1.807) is 0 Å². The predicted octanol–water partition coefficient (Wildman–Crippen LogP) is 1.87. The first-order valence-electron chi connectivity index (χ1n) is 7.14. The van der Waals surface area contributed by atoms with Crippen LogP contribution in [0.3, 0.4) is 0 Å². The van der Waals surface area contributed by atoms with Crippen molar-refractivity contribution in [2.75, 3.05) is 18.4 Å². The van der Waals surface area contributed by atoms with E-state index in [1.165, 1.54) is 29.8 Å². The zero-order valence-corrected chi connectivity index (χ0v) is 12.5. The Hall–Kier alpha value is -1.79. The summed E-state index contributed by atoms with van der Waals surface area (Å²) in [7, 11) is 0. The minimum atomic E-state index is -0.0560. The fraction of sp³-hybridized carbons (Fsp3) is 0.400. The van der Waals surface area contributed by atoms with Crippen molar-refractivity contribution in [3.8, 4) is 0 Å². The summed E-state index contributed by atoms with van der Waals surface area (Å²) < 4.78 is 3.85. The fourth-order valence-corrected chi connectivity index (χ4v) is 3.04. The SMILES string of the molecule is O=C(Cc1ccc(CC2CCNC2)cc1)Nc1ncns1. The molecule has 0 aliphatic carbocycles. The van der Waals surface area contributed by atoms with Crippen LogP contribution in [0, 0.1) is 5.92 Å². The van der Waals surface area contributed by atoms with Gasteiger partial charge in [-0.15, -0.1) is 0 Å². The normalized spacial score (nSPS) is 17.8. The lowest BCUT2D eigenvalue weighted by atomic mass is 9.97. The van der Waals surface area contributed by atoms with Crippen LogP contribution in [-0.2, 0) is 17.6 Å². The van der Waals surface area contributed by atoms with Crippen molar-refractivity contribution in [1.82, 2.24) is 14.7 Å². The number of anilines is 1. The molecule has 2 aromatic rings. The standard InChI is InChI=1S/C15H18N4OS/c20-14(19-15-17-10-18-21-15)8-12-3-1-11(2-4-12)7-13-5-6-16-9-13/h1-4,10,13,16H,5-9H2,(H,17,18,19,20). The molecule has 21 heavy (non-hydrogen) atoms. The Kier molecular flexibility index (Phi) is 4.57. The van der Waals surface area contributed by atoms with E-state index in [9.17, 15) is 4.79 Å². The average Bonchev–Trinajstić information content (AvgIpc) is 3.14. The van der Waals surface area contributed by atoms with Gasteiger partial charge in [-0.1, -0.05) is 24.3 Å². The number of hydrogen-bond acceptors (Lipinski definition) is 5. The lowest BCUT2D eigenvalue weighted by molar-refractivity contribution is -0.115. The minimum Gasteiger partial charge on any atom is -0.316 e. The lowest BCUT2D eigenvalue weighted by Gasteiger charge is -2.09. The van der Waals surface area contributed by atoms with Crippen LogP contribution < -0.4 is 10.6 Å². The fourth-order valence-electron chi connectivity index (χ4n) is 2.59. The van der Waals surface area contributed by atoms with Crippen LogP contribution in [-0.4, -0.2) is 28.4 Å². The molecular weight excluding hydrogens is 284 g/mol. The van der Waals surface area contributed by atoms with Crippen molar-refractivity contribution in [3.63, 3.8) is 0 Å². The highest BCUT2D eigenvalue weighted by atomic mass is 32.1. The molecule has 0 spiro atoms. The van der Waals surface area contributed by atoms with Gasteiger partial charge >= 0.3 is 0 Å². The molecule has 6 heteroatoms. The molecule has 2 heterocycles. The first kappa shape index (κ1) is 14.2. The largest absolute Gasteiger partial charge is 0.316 e. The molecule has 1 saturated heterocycles. The van der Waals surface area contributed by atoms with Crippen LogP contribution in [0.5, 0.6) is 0 Å². The number of nitrogens with one attached hydrogen (secondary N) is 2. The third-order valence-electron chi connectivity index (χ3n) is 3.68. The van der Waals surface area contributed by atoms with Gasteiger partial charge in [0.05, 0.1) is 6.42 Å². The molecule has 1 aromatic heterocycles. The molecule has 1 aliphatic rings. The van der Waals surface area contributed by atoms with E-state index in [0.717, 1.165) is 31.0 Å². The van der Waals surface area contributed by atoms with E-state index in [4.69, 9.17) is 0 Å². The Morgan fingerprint density at radius 3 is 2.81 bits per heavy atom. The monoisotopic (exact) mass is 302 g/mol. The Morgan fingerprint density at radius 2 is 2.14 bits per heavy atom. The highest BCUT2D eigenvalue weighted by molar-refractivity contribution is 7.09.